The fourth-order valence-corrected chi connectivity index (χ4v) is 4.66. The number of rotatable bonds is 7. The van der Waals surface area contributed by atoms with Gasteiger partial charge < -0.3 is 19.9 Å². The molecule has 0 radical (unpaired) electrons. The van der Waals surface area contributed by atoms with Crippen LogP contribution in [-0.2, 0) is 16.6 Å². The highest BCUT2D eigenvalue weighted by atomic mass is 16.5. The second-order valence-electron chi connectivity index (χ2n) is 8.42. The average Bonchev–Trinajstić information content (AvgIpc) is 3.32. The van der Waals surface area contributed by atoms with Crippen molar-refractivity contribution in [3.05, 3.63) is 48.0 Å². The average molecular weight is 440 g/mol. The van der Waals surface area contributed by atoms with E-state index in [1.807, 2.05) is 35.9 Å². The van der Waals surface area contributed by atoms with Gasteiger partial charge in [-0.05, 0) is 18.9 Å². The van der Waals surface area contributed by atoms with Gasteiger partial charge in [-0.2, -0.15) is 0 Å². The molecule has 32 heavy (non-hydrogen) atoms. The summed E-state index contributed by atoms with van der Waals surface area (Å²) in [6.07, 6.45) is 7.72. The number of nitrogens with one attached hydrogen (secondary N) is 2. The zero-order valence-corrected chi connectivity index (χ0v) is 18.5. The van der Waals surface area contributed by atoms with Crippen molar-refractivity contribution in [2.24, 2.45) is 7.05 Å². The lowest BCUT2D eigenvalue weighted by molar-refractivity contribution is -0.132. The lowest BCUT2D eigenvalue weighted by Gasteiger charge is -2.30. The van der Waals surface area contributed by atoms with Crippen LogP contribution >= 0.6 is 0 Å². The molecule has 1 aromatic heterocycles. The Morgan fingerprint density at radius 2 is 2.00 bits per heavy atom. The van der Waals surface area contributed by atoms with E-state index in [-0.39, 0.29) is 24.8 Å². The molecule has 1 aliphatic carbocycles. The second kappa shape index (κ2) is 9.02. The van der Waals surface area contributed by atoms with E-state index in [9.17, 15) is 14.4 Å². The maximum Gasteiger partial charge on any atom is 0.325 e. The number of aryl methyl sites for hydroxylation is 1. The molecule has 1 aromatic carbocycles. The lowest BCUT2D eigenvalue weighted by atomic mass is 9.82. The number of imide groups is 1. The van der Waals surface area contributed by atoms with Crippen molar-refractivity contribution in [3.63, 3.8) is 0 Å². The van der Waals surface area contributed by atoms with Crippen molar-refractivity contribution < 1.29 is 19.1 Å². The Morgan fingerprint density at radius 1 is 1.25 bits per heavy atom. The maximum atomic E-state index is 12.9. The smallest absolute Gasteiger partial charge is 0.325 e. The molecule has 1 spiro atoms. The number of urea groups is 1. The normalized spacial score (nSPS) is 18.5. The van der Waals surface area contributed by atoms with E-state index in [1.54, 1.807) is 19.5 Å². The molecule has 2 aliphatic rings. The number of nitrogens with zero attached hydrogens (tertiary/aromatic N) is 3. The number of methoxy groups -OCH3 is 1. The van der Waals surface area contributed by atoms with E-state index in [2.05, 4.69) is 15.6 Å². The Hall–Kier alpha value is -3.36. The number of hydrogen-bond donors (Lipinski definition) is 2. The van der Waals surface area contributed by atoms with Crippen LogP contribution in [0.25, 0.3) is 0 Å². The van der Waals surface area contributed by atoms with E-state index in [1.165, 1.54) is 4.90 Å². The number of hydrogen-bond acceptors (Lipinski definition) is 5. The minimum atomic E-state index is -0.779. The summed E-state index contributed by atoms with van der Waals surface area (Å²) >= 11 is 0. The van der Waals surface area contributed by atoms with Gasteiger partial charge in [0.1, 0.15) is 23.2 Å². The summed E-state index contributed by atoms with van der Waals surface area (Å²) in [6, 6.07) is 6.49. The Labute approximate surface area is 187 Å². The van der Waals surface area contributed by atoms with Gasteiger partial charge in [-0.1, -0.05) is 37.5 Å². The highest BCUT2D eigenvalue weighted by Crippen LogP contribution is 2.34. The van der Waals surface area contributed by atoms with E-state index in [0.29, 0.717) is 24.4 Å². The van der Waals surface area contributed by atoms with Crippen LogP contribution in [0.3, 0.4) is 0 Å². The van der Waals surface area contributed by atoms with Crippen LogP contribution in [0.4, 0.5) is 4.79 Å². The molecule has 2 heterocycles. The van der Waals surface area contributed by atoms with Crippen LogP contribution < -0.4 is 15.4 Å². The number of aromatic nitrogens is 2. The first-order valence-electron chi connectivity index (χ1n) is 11.0. The van der Waals surface area contributed by atoms with Gasteiger partial charge in [0.15, 0.2) is 0 Å². The summed E-state index contributed by atoms with van der Waals surface area (Å²) in [7, 11) is 3.43. The number of carbonyl (C=O) groups is 3. The quantitative estimate of drug-likeness (QED) is 0.644. The van der Waals surface area contributed by atoms with Gasteiger partial charge in [0, 0.05) is 38.0 Å². The second-order valence-corrected chi connectivity index (χ2v) is 8.42. The topological polar surface area (TPSA) is 106 Å². The van der Waals surface area contributed by atoms with Gasteiger partial charge in [-0.3, -0.25) is 14.5 Å². The van der Waals surface area contributed by atoms with E-state index >= 15 is 0 Å². The van der Waals surface area contributed by atoms with Crippen LogP contribution in [0, 0.1) is 0 Å². The van der Waals surface area contributed by atoms with Crippen molar-refractivity contribution in [1.29, 1.82) is 0 Å². The van der Waals surface area contributed by atoms with Crippen molar-refractivity contribution in [1.82, 2.24) is 25.1 Å². The molecule has 2 aromatic rings. The number of para-hydroxylation sites is 1. The summed E-state index contributed by atoms with van der Waals surface area (Å²) in [6.45, 7) is 0.0391. The van der Waals surface area contributed by atoms with Crippen molar-refractivity contribution in [2.45, 2.75) is 50.1 Å². The molecule has 4 amide bonds. The van der Waals surface area contributed by atoms with Gasteiger partial charge in [0.2, 0.25) is 5.91 Å². The van der Waals surface area contributed by atoms with Crippen molar-refractivity contribution >= 4 is 17.8 Å². The molecule has 2 N–H and O–H groups in total. The molecule has 1 saturated heterocycles. The Kier molecular flexibility index (Phi) is 6.16. The van der Waals surface area contributed by atoms with Gasteiger partial charge in [-0.25, -0.2) is 9.78 Å². The van der Waals surface area contributed by atoms with Crippen molar-refractivity contribution in [2.75, 3.05) is 13.7 Å². The fourth-order valence-electron chi connectivity index (χ4n) is 4.66. The maximum absolute atomic E-state index is 12.9. The zero-order valence-electron chi connectivity index (χ0n) is 18.5. The number of carbonyl (C=O) groups excluding carboxylic acids is 3. The predicted molar refractivity (Wildman–Crippen MR) is 117 cm³/mol. The van der Waals surface area contributed by atoms with Gasteiger partial charge in [0.25, 0.3) is 5.91 Å². The minimum Gasteiger partial charge on any atom is -0.496 e. The Balaban J connectivity index is 1.47. The standard InChI is InChI=1S/C23H29N5O4/c1-27-15-13-24-20(27)19(16-8-4-5-9-17(16)32-2)25-18(29)10-14-28-21(30)23(26-22(28)31)11-6-3-7-12-23/h4-5,8-9,13,15,19H,3,6-7,10-12,14H2,1-2H3,(H,25,29)(H,26,31). The highest BCUT2D eigenvalue weighted by molar-refractivity contribution is 6.07. The molecular formula is C23H29N5O4. The summed E-state index contributed by atoms with van der Waals surface area (Å²) < 4.78 is 7.32. The van der Waals surface area contributed by atoms with Gasteiger partial charge in [0.05, 0.1) is 7.11 Å². The molecule has 1 saturated carbocycles. The molecule has 1 unspecified atom stereocenters. The monoisotopic (exact) mass is 439 g/mol. The molecule has 2 fully saturated rings. The number of ether oxygens (including phenoxy) is 1. The molecule has 9 heteroatoms. The predicted octanol–water partition coefficient (Wildman–Crippen LogP) is 2.28. The van der Waals surface area contributed by atoms with Crippen LogP contribution in [-0.4, -0.2) is 51.5 Å². The van der Waals surface area contributed by atoms with Crippen LogP contribution in [0.2, 0.25) is 0 Å². The Bertz CT molecular complexity index is 1010. The third-order valence-electron chi connectivity index (χ3n) is 6.39. The third kappa shape index (κ3) is 4.06. The third-order valence-corrected chi connectivity index (χ3v) is 6.39. The zero-order chi connectivity index (χ0) is 22.7. The number of benzene rings is 1. The van der Waals surface area contributed by atoms with Crippen LogP contribution in [0.5, 0.6) is 5.75 Å². The van der Waals surface area contributed by atoms with Crippen molar-refractivity contribution in [3.8, 4) is 5.75 Å². The van der Waals surface area contributed by atoms with Crippen LogP contribution in [0.1, 0.15) is 56.0 Å². The molecule has 4 rings (SSSR count). The molecule has 170 valence electrons. The minimum absolute atomic E-state index is 0.00527. The summed E-state index contributed by atoms with van der Waals surface area (Å²) in [4.78, 5) is 43.9. The first kappa shape index (κ1) is 21.9. The number of imidazole rings is 1. The van der Waals surface area contributed by atoms with Gasteiger partial charge in [-0.15, -0.1) is 0 Å². The first-order valence-corrected chi connectivity index (χ1v) is 11.0. The summed E-state index contributed by atoms with van der Waals surface area (Å²) in [5, 5.41) is 5.88. The first-order chi connectivity index (χ1) is 15.4. The van der Waals surface area contributed by atoms with E-state index in [0.717, 1.165) is 24.8 Å². The molecule has 0 bridgehead atoms. The molecule has 1 aliphatic heterocycles. The van der Waals surface area contributed by atoms with Crippen LogP contribution in [0.15, 0.2) is 36.7 Å². The summed E-state index contributed by atoms with van der Waals surface area (Å²) in [5.41, 5.74) is -0.00702. The van der Waals surface area contributed by atoms with Gasteiger partial charge >= 0.3 is 6.03 Å². The Morgan fingerprint density at radius 3 is 2.69 bits per heavy atom. The lowest BCUT2D eigenvalue weighted by Crippen LogP contribution is -2.48. The fraction of sp³-hybridized carbons (Fsp3) is 0.478. The molecular weight excluding hydrogens is 410 g/mol. The van der Waals surface area contributed by atoms with E-state index in [4.69, 9.17) is 4.74 Å². The van der Waals surface area contributed by atoms with E-state index < -0.39 is 17.6 Å². The largest absolute Gasteiger partial charge is 0.496 e. The SMILES string of the molecule is COc1ccccc1C(NC(=O)CCN1C(=O)NC2(CCCCC2)C1=O)c1nccn1C. The molecule has 9 nitrogen and oxygen atoms in total. The molecule has 1 atom stereocenters. The number of amides is 4. The highest BCUT2D eigenvalue weighted by Gasteiger charge is 2.51. The summed E-state index contributed by atoms with van der Waals surface area (Å²) in [5.74, 6) is 0.794.